The summed E-state index contributed by atoms with van der Waals surface area (Å²) in [6.45, 7) is 4.66. The van der Waals surface area contributed by atoms with Crippen molar-refractivity contribution in [3.8, 4) is 0 Å². The van der Waals surface area contributed by atoms with Crippen LogP contribution in [0.3, 0.4) is 0 Å². The molecule has 0 nitrogen and oxygen atoms in total. The molecule has 0 heteroatoms. The fraction of sp³-hybridized carbons (Fsp3) is 1.00. The molecule has 0 amide bonds. The molecule has 0 aromatic carbocycles. The first-order valence-electron chi connectivity index (χ1n) is 4.38. The quantitative estimate of drug-likeness (QED) is 0.533. The Labute approximate surface area is 58.7 Å². The van der Waals surface area contributed by atoms with Crippen molar-refractivity contribution in [2.75, 3.05) is 0 Å². The molecular weight excluding hydrogens is 108 g/mol. The smallest absolute Gasteiger partial charge is 0.0389 e. The fourth-order valence-corrected chi connectivity index (χ4v) is 2.19. The van der Waals surface area contributed by atoms with Crippen molar-refractivity contribution in [1.82, 2.24) is 0 Å². The SMILES string of the molecule is CCC1CCCC1CC. The van der Waals surface area contributed by atoms with Crippen LogP contribution in [0.2, 0.25) is 0 Å². The molecule has 1 fully saturated rings. The molecule has 0 bridgehead atoms. The van der Waals surface area contributed by atoms with Crippen LogP contribution in [0.5, 0.6) is 0 Å². The Morgan fingerprint density at radius 2 is 1.44 bits per heavy atom. The predicted molar refractivity (Wildman–Crippen MR) is 41.4 cm³/mol. The minimum atomic E-state index is 1.08. The van der Waals surface area contributed by atoms with Crippen molar-refractivity contribution < 1.29 is 0 Å². The number of rotatable bonds is 2. The molecule has 2 atom stereocenters. The van der Waals surface area contributed by atoms with Crippen LogP contribution in [-0.2, 0) is 0 Å². The van der Waals surface area contributed by atoms with E-state index in [1.165, 1.54) is 32.1 Å². The van der Waals surface area contributed by atoms with E-state index >= 15 is 0 Å². The second-order valence-corrected chi connectivity index (χ2v) is 3.27. The van der Waals surface area contributed by atoms with E-state index in [1.54, 1.807) is 0 Å². The van der Waals surface area contributed by atoms with E-state index in [0.29, 0.717) is 0 Å². The maximum Gasteiger partial charge on any atom is -0.0389 e. The molecule has 0 radical (unpaired) electrons. The van der Waals surface area contributed by atoms with Crippen LogP contribution < -0.4 is 0 Å². The molecule has 1 saturated carbocycles. The Kier molecular flexibility index (Phi) is 2.56. The first kappa shape index (κ1) is 7.11. The highest BCUT2D eigenvalue weighted by atomic mass is 14.3. The zero-order chi connectivity index (χ0) is 6.69. The Morgan fingerprint density at radius 1 is 1.00 bits per heavy atom. The molecule has 0 heterocycles. The summed E-state index contributed by atoms with van der Waals surface area (Å²) in [5.74, 6) is 2.16. The lowest BCUT2D eigenvalue weighted by molar-refractivity contribution is 0.367. The molecule has 1 aliphatic rings. The van der Waals surface area contributed by atoms with Gasteiger partial charge >= 0.3 is 0 Å². The van der Waals surface area contributed by atoms with Gasteiger partial charge in [0.1, 0.15) is 0 Å². The lowest BCUT2D eigenvalue weighted by Crippen LogP contribution is -2.04. The van der Waals surface area contributed by atoms with Crippen LogP contribution >= 0.6 is 0 Å². The summed E-state index contributed by atoms with van der Waals surface area (Å²) in [4.78, 5) is 0. The molecule has 0 aromatic heterocycles. The van der Waals surface area contributed by atoms with Gasteiger partial charge in [-0.05, 0) is 11.8 Å². The van der Waals surface area contributed by atoms with Gasteiger partial charge in [-0.1, -0.05) is 46.0 Å². The van der Waals surface area contributed by atoms with Gasteiger partial charge in [0, 0.05) is 0 Å². The van der Waals surface area contributed by atoms with Crippen molar-refractivity contribution in [1.29, 1.82) is 0 Å². The Morgan fingerprint density at radius 3 is 1.78 bits per heavy atom. The van der Waals surface area contributed by atoms with E-state index < -0.39 is 0 Å². The zero-order valence-corrected chi connectivity index (χ0v) is 6.69. The lowest BCUT2D eigenvalue weighted by Gasteiger charge is -2.14. The average molecular weight is 126 g/mol. The molecule has 1 aliphatic carbocycles. The Balaban J connectivity index is 2.32. The summed E-state index contributed by atoms with van der Waals surface area (Å²) in [5, 5.41) is 0. The van der Waals surface area contributed by atoms with E-state index in [2.05, 4.69) is 13.8 Å². The molecule has 2 unspecified atom stereocenters. The van der Waals surface area contributed by atoms with Crippen LogP contribution in [0, 0.1) is 11.8 Å². The van der Waals surface area contributed by atoms with E-state index in [4.69, 9.17) is 0 Å². The van der Waals surface area contributed by atoms with Gasteiger partial charge in [-0.15, -0.1) is 0 Å². The minimum Gasteiger partial charge on any atom is -0.0651 e. The molecule has 0 aliphatic heterocycles. The number of hydrogen-bond donors (Lipinski definition) is 0. The van der Waals surface area contributed by atoms with Gasteiger partial charge in [0.15, 0.2) is 0 Å². The first-order valence-corrected chi connectivity index (χ1v) is 4.38. The minimum absolute atomic E-state index is 1.08. The van der Waals surface area contributed by atoms with Gasteiger partial charge in [-0.25, -0.2) is 0 Å². The predicted octanol–water partition coefficient (Wildman–Crippen LogP) is 3.22. The van der Waals surface area contributed by atoms with Crippen molar-refractivity contribution in [3.63, 3.8) is 0 Å². The Bertz CT molecular complexity index is 66.1. The standard InChI is InChI=1S/C9H18/c1-3-8-6-5-7-9(8)4-2/h8-9H,3-7H2,1-2H3. The summed E-state index contributed by atoms with van der Waals surface area (Å²) in [6, 6.07) is 0. The monoisotopic (exact) mass is 126 g/mol. The molecule has 0 aromatic rings. The zero-order valence-electron chi connectivity index (χ0n) is 6.69. The topological polar surface area (TPSA) is 0 Å². The van der Waals surface area contributed by atoms with Crippen LogP contribution in [0.25, 0.3) is 0 Å². The summed E-state index contributed by atoms with van der Waals surface area (Å²) in [6.07, 6.45) is 7.35. The molecule has 1 rings (SSSR count). The highest BCUT2D eigenvalue weighted by Gasteiger charge is 2.23. The van der Waals surface area contributed by atoms with E-state index in [0.717, 1.165) is 11.8 Å². The van der Waals surface area contributed by atoms with Crippen LogP contribution in [0.15, 0.2) is 0 Å². The third-order valence-corrected chi connectivity index (χ3v) is 2.87. The lowest BCUT2D eigenvalue weighted by atomic mass is 9.92. The molecule has 0 saturated heterocycles. The second kappa shape index (κ2) is 3.24. The third kappa shape index (κ3) is 1.47. The van der Waals surface area contributed by atoms with Crippen LogP contribution in [0.4, 0.5) is 0 Å². The number of hydrogen-bond acceptors (Lipinski definition) is 0. The van der Waals surface area contributed by atoms with Gasteiger partial charge < -0.3 is 0 Å². The van der Waals surface area contributed by atoms with Gasteiger partial charge in [0.25, 0.3) is 0 Å². The summed E-state index contributed by atoms with van der Waals surface area (Å²) in [5.41, 5.74) is 0. The van der Waals surface area contributed by atoms with Gasteiger partial charge in [-0.2, -0.15) is 0 Å². The van der Waals surface area contributed by atoms with E-state index in [-0.39, 0.29) is 0 Å². The van der Waals surface area contributed by atoms with Crippen LogP contribution in [0.1, 0.15) is 46.0 Å². The summed E-state index contributed by atoms with van der Waals surface area (Å²) in [7, 11) is 0. The average Bonchev–Trinajstić information content (AvgIpc) is 2.33. The molecule has 9 heavy (non-hydrogen) atoms. The molecule has 0 spiro atoms. The van der Waals surface area contributed by atoms with Crippen molar-refractivity contribution >= 4 is 0 Å². The summed E-state index contributed by atoms with van der Waals surface area (Å²) < 4.78 is 0. The fourth-order valence-electron chi connectivity index (χ4n) is 2.19. The normalized spacial score (nSPS) is 35.3. The van der Waals surface area contributed by atoms with Crippen molar-refractivity contribution in [2.24, 2.45) is 11.8 Å². The molecule has 54 valence electrons. The maximum absolute atomic E-state index is 2.33. The molecular formula is C9H18. The van der Waals surface area contributed by atoms with Gasteiger partial charge in [-0.3, -0.25) is 0 Å². The van der Waals surface area contributed by atoms with Crippen molar-refractivity contribution in [3.05, 3.63) is 0 Å². The van der Waals surface area contributed by atoms with Gasteiger partial charge in [0.2, 0.25) is 0 Å². The van der Waals surface area contributed by atoms with Crippen LogP contribution in [-0.4, -0.2) is 0 Å². The third-order valence-electron chi connectivity index (χ3n) is 2.87. The highest BCUT2D eigenvalue weighted by Crippen LogP contribution is 2.35. The largest absolute Gasteiger partial charge is 0.0651 e. The van der Waals surface area contributed by atoms with Gasteiger partial charge in [0.05, 0.1) is 0 Å². The summed E-state index contributed by atoms with van der Waals surface area (Å²) >= 11 is 0. The maximum atomic E-state index is 2.33. The highest BCUT2D eigenvalue weighted by molar-refractivity contribution is 4.74. The van der Waals surface area contributed by atoms with Crippen molar-refractivity contribution in [2.45, 2.75) is 46.0 Å². The first-order chi connectivity index (χ1) is 4.38. The van der Waals surface area contributed by atoms with E-state index in [9.17, 15) is 0 Å². The Hall–Kier alpha value is 0. The second-order valence-electron chi connectivity index (χ2n) is 3.27. The molecule has 0 N–H and O–H groups in total. The van der Waals surface area contributed by atoms with E-state index in [1.807, 2.05) is 0 Å².